The van der Waals surface area contributed by atoms with E-state index in [1.54, 1.807) is 0 Å². The van der Waals surface area contributed by atoms with Crippen LogP contribution in [-0.4, -0.2) is 15.9 Å². The third kappa shape index (κ3) is 3.46. The first kappa shape index (κ1) is 18.4. The summed E-state index contributed by atoms with van der Waals surface area (Å²) in [6, 6.07) is 6.17. The van der Waals surface area contributed by atoms with Crippen LogP contribution in [0.4, 0.5) is 0 Å². The molecule has 1 aliphatic rings. The van der Waals surface area contributed by atoms with Crippen molar-refractivity contribution in [3.05, 3.63) is 60.4 Å². The normalized spacial score (nSPS) is 15.9. The van der Waals surface area contributed by atoms with Crippen LogP contribution in [0.15, 0.2) is 27.5 Å². The highest BCUT2D eigenvalue weighted by molar-refractivity contribution is 9.10. The highest BCUT2D eigenvalue weighted by atomic mass is 79.9. The van der Waals surface area contributed by atoms with E-state index in [-0.39, 0.29) is 17.5 Å². The van der Waals surface area contributed by atoms with Crippen LogP contribution in [0.1, 0.15) is 46.3 Å². The fourth-order valence-electron chi connectivity index (χ4n) is 3.68. The average molecular weight is 446 g/mol. The Balaban J connectivity index is 1.44. The van der Waals surface area contributed by atoms with Crippen LogP contribution >= 0.6 is 27.3 Å². The largest absolute Gasteiger partial charge is 0.349 e. The van der Waals surface area contributed by atoms with Crippen LogP contribution in [0, 0.1) is 13.8 Å². The minimum atomic E-state index is -0.119. The minimum Gasteiger partial charge on any atom is -0.349 e. The molecule has 1 unspecified atom stereocenters. The van der Waals surface area contributed by atoms with Gasteiger partial charge in [-0.05, 0) is 49.4 Å². The molecule has 1 atom stereocenters. The van der Waals surface area contributed by atoms with Crippen molar-refractivity contribution in [3.63, 3.8) is 0 Å². The molecule has 1 aliphatic carbocycles. The Morgan fingerprint density at radius 3 is 3.04 bits per heavy atom. The van der Waals surface area contributed by atoms with Crippen LogP contribution in [0.2, 0.25) is 0 Å². The number of amides is 1. The van der Waals surface area contributed by atoms with Crippen molar-refractivity contribution in [3.8, 4) is 0 Å². The second-order valence-electron chi connectivity index (χ2n) is 6.94. The first-order valence-electron chi connectivity index (χ1n) is 8.99. The highest BCUT2D eigenvalue weighted by Crippen LogP contribution is 2.35. The number of aromatic amines is 1. The van der Waals surface area contributed by atoms with Gasteiger partial charge in [-0.3, -0.25) is 9.59 Å². The summed E-state index contributed by atoms with van der Waals surface area (Å²) >= 11 is 5.11. The van der Waals surface area contributed by atoms with E-state index in [0.29, 0.717) is 24.1 Å². The van der Waals surface area contributed by atoms with Gasteiger partial charge in [0.1, 0.15) is 10.7 Å². The third-order valence-corrected chi connectivity index (χ3v) is 7.07. The number of hydrogen-bond donors (Lipinski definition) is 2. The summed E-state index contributed by atoms with van der Waals surface area (Å²) in [5, 5.41) is 3.79. The van der Waals surface area contributed by atoms with Gasteiger partial charge in [0, 0.05) is 22.2 Å². The molecule has 2 aromatic heterocycles. The van der Waals surface area contributed by atoms with Crippen molar-refractivity contribution in [2.75, 3.05) is 0 Å². The SMILES string of the molecule is Cc1sc2nc(CCC(=O)NC3CCc4c(Br)cccc43)[nH]c(=O)c2c1C. The van der Waals surface area contributed by atoms with Crippen molar-refractivity contribution in [1.29, 1.82) is 0 Å². The number of thiophene rings is 1. The van der Waals surface area contributed by atoms with Crippen molar-refractivity contribution in [2.45, 2.75) is 45.6 Å². The number of carbonyl (C=O) groups excluding carboxylic acids is 1. The molecule has 7 heteroatoms. The zero-order valence-corrected chi connectivity index (χ0v) is 17.6. The number of H-pyrrole nitrogens is 1. The fraction of sp³-hybridized carbons (Fsp3) is 0.350. The first-order valence-corrected chi connectivity index (χ1v) is 10.6. The quantitative estimate of drug-likeness (QED) is 0.634. The molecular weight excluding hydrogens is 426 g/mol. The van der Waals surface area contributed by atoms with Gasteiger partial charge in [0.2, 0.25) is 5.91 Å². The number of hydrogen-bond acceptors (Lipinski definition) is 4. The number of rotatable bonds is 4. The van der Waals surface area contributed by atoms with Crippen molar-refractivity contribution < 1.29 is 4.79 Å². The molecule has 1 aromatic carbocycles. The maximum atomic E-state index is 12.4. The number of carbonyl (C=O) groups is 1. The molecule has 4 rings (SSSR count). The summed E-state index contributed by atoms with van der Waals surface area (Å²) in [7, 11) is 0. The van der Waals surface area contributed by atoms with E-state index in [9.17, 15) is 9.59 Å². The van der Waals surface area contributed by atoms with E-state index in [1.807, 2.05) is 26.0 Å². The molecule has 0 saturated heterocycles. The smallest absolute Gasteiger partial charge is 0.259 e. The van der Waals surface area contributed by atoms with Crippen LogP contribution in [0.3, 0.4) is 0 Å². The van der Waals surface area contributed by atoms with E-state index < -0.39 is 0 Å². The lowest BCUT2D eigenvalue weighted by Gasteiger charge is -2.14. The van der Waals surface area contributed by atoms with Crippen LogP contribution in [0.5, 0.6) is 0 Å². The number of nitrogens with one attached hydrogen (secondary N) is 2. The van der Waals surface area contributed by atoms with Gasteiger partial charge in [-0.15, -0.1) is 11.3 Å². The Morgan fingerprint density at radius 2 is 2.22 bits per heavy atom. The zero-order valence-electron chi connectivity index (χ0n) is 15.2. The molecule has 0 bridgehead atoms. The van der Waals surface area contributed by atoms with E-state index in [2.05, 4.69) is 37.3 Å². The van der Waals surface area contributed by atoms with Crippen molar-refractivity contribution in [2.24, 2.45) is 0 Å². The lowest BCUT2D eigenvalue weighted by atomic mass is 10.1. The van der Waals surface area contributed by atoms with Crippen LogP contribution in [-0.2, 0) is 17.6 Å². The first-order chi connectivity index (χ1) is 12.9. The van der Waals surface area contributed by atoms with Crippen LogP contribution in [0.25, 0.3) is 10.2 Å². The van der Waals surface area contributed by atoms with Crippen molar-refractivity contribution in [1.82, 2.24) is 15.3 Å². The summed E-state index contributed by atoms with van der Waals surface area (Å²) in [4.78, 5) is 34.0. The Morgan fingerprint density at radius 1 is 1.41 bits per heavy atom. The number of fused-ring (bicyclic) bond motifs is 2. The molecule has 0 saturated carbocycles. The molecule has 5 nitrogen and oxygen atoms in total. The van der Waals surface area contributed by atoms with Gasteiger partial charge in [-0.2, -0.15) is 0 Å². The summed E-state index contributed by atoms with van der Waals surface area (Å²) in [5.74, 6) is 0.549. The molecule has 0 fully saturated rings. The zero-order chi connectivity index (χ0) is 19.1. The van der Waals surface area contributed by atoms with Gasteiger partial charge in [0.25, 0.3) is 5.56 Å². The second kappa shape index (κ2) is 7.20. The Hall–Kier alpha value is -1.99. The standard InChI is InChI=1S/C20H20BrN3O2S/c1-10-11(2)27-20-18(10)19(26)23-16(24-20)8-9-17(25)22-15-7-6-12-13(15)4-3-5-14(12)21/h3-5,15H,6-9H2,1-2H3,(H,22,25)(H,23,24,26). The number of aromatic nitrogens is 2. The predicted octanol–water partition coefficient (Wildman–Crippen LogP) is 4.10. The van der Waals surface area contributed by atoms with Gasteiger partial charge in [-0.1, -0.05) is 28.1 Å². The summed E-state index contributed by atoms with van der Waals surface area (Å²) in [5.41, 5.74) is 3.34. The maximum Gasteiger partial charge on any atom is 0.259 e. The van der Waals surface area contributed by atoms with Gasteiger partial charge in [0.05, 0.1) is 11.4 Å². The molecule has 2 N–H and O–H groups in total. The lowest BCUT2D eigenvalue weighted by Crippen LogP contribution is -2.27. The average Bonchev–Trinajstić information content (AvgIpc) is 3.16. The molecule has 2 heterocycles. The predicted molar refractivity (Wildman–Crippen MR) is 111 cm³/mol. The summed E-state index contributed by atoms with van der Waals surface area (Å²) < 4.78 is 1.10. The van der Waals surface area contributed by atoms with E-state index in [0.717, 1.165) is 32.6 Å². The van der Waals surface area contributed by atoms with Crippen LogP contribution < -0.4 is 10.9 Å². The number of benzene rings is 1. The number of aryl methyl sites for hydroxylation is 3. The van der Waals surface area contributed by atoms with Gasteiger partial charge >= 0.3 is 0 Å². The number of halogens is 1. The minimum absolute atomic E-state index is 0.0193. The summed E-state index contributed by atoms with van der Waals surface area (Å²) in [6.45, 7) is 3.93. The van der Waals surface area contributed by atoms with E-state index in [1.165, 1.54) is 22.5 Å². The molecule has 1 amide bonds. The lowest BCUT2D eigenvalue weighted by molar-refractivity contribution is -0.121. The molecule has 140 valence electrons. The van der Waals surface area contributed by atoms with Gasteiger partial charge in [-0.25, -0.2) is 4.98 Å². The Bertz CT molecular complexity index is 1100. The van der Waals surface area contributed by atoms with Gasteiger partial charge < -0.3 is 10.3 Å². The van der Waals surface area contributed by atoms with Crippen molar-refractivity contribution >= 4 is 43.4 Å². The topological polar surface area (TPSA) is 74.8 Å². The number of nitrogens with zero attached hydrogens (tertiary/aromatic N) is 1. The molecule has 3 aromatic rings. The monoisotopic (exact) mass is 445 g/mol. The molecule has 0 spiro atoms. The Kier molecular flexibility index (Phi) is 4.90. The third-order valence-electron chi connectivity index (χ3n) is 5.23. The Labute approximate surface area is 169 Å². The maximum absolute atomic E-state index is 12.4. The molecule has 27 heavy (non-hydrogen) atoms. The van der Waals surface area contributed by atoms with E-state index in [4.69, 9.17) is 0 Å². The second-order valence-corrected chi connectivity index (χ2v) is 9.00. The molecule has 0 radical (unpaired) electrons. The fourth-order valence-corrected chi connectivity index (χ4v) is 5.30. The van der Waals surface area contributed by atoms with Gasteiger partial charge in [0.15, 0.2) is 0 Å². The summed E-state index contributed by atoms with van der Waals surface area (Å²) in [6.07, 6.45) is 2.60. The van der Waals surface area contributed by atoms with E-state index >= 15 is 0 Å². The highest BCUT2D eigenvalue weighted by Gasteiger charge is 2.25. The molecule has 0 aliphatic heterocycles. The molecular formula is C20H20BrN3O2S.